The zero-order chi connectivity index (χ0) is 22.5. The zero-order valence-corrected chi connectivity index (χ0v) is 19.3. The Bertz CT molecular complexity index is 1120. The second-order valence-corrected chi connectivity index (χ2v) is 8.57. The molecule has 2 heterocycles. The van der Waals surface area contributed by atoms with Gasteiger partial charge in [0, 0.05) is 25.2 Å². The van der Waals surface area contributed by atoms with Crippen LogP contribution < -0.4 is 5.32 Å². The molecule has 1 aliphatic heterocycles. The van der Waals surface area contributed by atoms with Gasteiger partial charge in [-0.2, -0.15) is 5.10 Å². The van der Waals surface area contributed by atoms with E-state index in [0.717, 1.165) is 24.2 Å². The highest BCUT2D eigenvalue weighted by atomic mass is 32.1. The van der Waals surface area contributed by atoms with Gasteiger partial charge in [-0.3, -0.25) is 19.4 Å². The number of morpholine rings is 1. The quantitative estimate of drug-likeness (QED) is 0.539. The molecule has 7 nitrogen and oxygen atoms in total. The van der Waals surface area contributed by atoms with Crippen LogP contribution in [0.1, 0.15) is 22.7 Å². The molecule has 4 rings (SSSR count). The molecule has 0 saturated carbocycles. The van der Waals surface area contributed by atoms with Crippen molar-refractivity contribution in [2.24, 2.45) is 0 Å². The summed E-state index contributed by atoms with van der Waals surface area (Å²) in [5.74, 6) is 0.565. The summed E-state index contributed by atoms with van der Waals surface area (Å²) in [5.41, 5.74) is 4.49. The minimum Gasteiger partial charge on any atom is -0.379 e. The van der Waals surface area contributed by atoms with Gasteiger partial charge in [-0.15, -0.1) is 0 Å². The lowest BCUT2D eigenvalue weighted by atomic mass is 10.0. The third-order valence-electron chi connectivity index (χ3n) is 5.78. The van der Waals surface area contributed by atoms with E-state index in [9.17, 15) is 4.79 Å². The molecule has 32 heavy (non-hydrogen) atoms. The van der Waals surface area contributed by atoms with E-state index in [2.05, 4.69) is 51.6 Å². The number of ether oxygens (including phenoxy) is 1. The topological polar surface area (TPSA) is 75.2 Å². The fourth-order valence-electron chi connectivity index (χ4n) is 4.02. The van der Waals surface area contributed by atoms with Crippen molar-refractivity contribution >= 4 is 18.1 Å². The lowest BCUT2D eigenvalue weighted by molar-refractivity contribution is -0.122. The molecule has 168 valence electrons. The molecular formula is C24H29N5O2S. The number of nitrogens with zero attached hydrogens (tertiary/aromatic N) is 3. The Kier molecular flexibility index (Phi) is 7.14. The molecular weight excluding hydrogens is 422 g/mol. The van der Waals surface area contributed by atoms with Gasteiger partial charge in [-0.05, 0) is 31.6 Å². The van der Waals surface area contributed by atoms with Crippen LogP contribution in [0.2, 0.25) is 0 Å². The molecule has 1 atom stereocenters. The highest BCUT2D eigenvalue weighted by Crippen LogP contribution is 2.22. The molecule has 8 heteroatoms. The summed E-state index contributed by atoms with van der Waals surface area (Å²) < 4.78 is 7.70. The fraction of sp³-hybridized carbons (Fsp3) is 0.375. The maximum absolute atomic E-state index is 12.9. The van der Waals surface area contributed by atoms with Gasteiger partial charge in [0.05, 0.1) is 19.3 Å². The molecule has 0 spiro atoms. The van der Waals surface area contributed by atoms with Gasteiger partial charge < -0.3 is 10.1 Å². The van der Waals surface area contributed by atoms with Crippen molar-refractivity contribution in [3.63, 3.8) is 0 Å². The number of nitrogens with one attached hydrogen (secondary N) is 2. The number of carbonyl (C=O) groups excluding carboxylic acids is 1. The molecule has 1 unspecified atom stereocenters. The number of amides is 1. The molecule has 1 aromatic heterocycles. The first-order valence-electron chi connectivity index (χ1n) is 10.9. The molecule has 1 saturated heterocycles. The molecule has 0 aliphatic carbocycles. The summed E-state index contributed by atoms with van der Waals surface area (Å²) in [6.45, 7) is 7.87. The van der Waals surface area contributed by atoms with Crippen LogP contribution in [0.4, 0.5) is 0 Å². The first-order chi connectivity index (χ1) is 15.5. The standard InChI is InChI=1S/C24H29N5O2S/c1-17-6-8-19(9-7-17)23-26-27-24(32)29(23)16-22(30)25-15-21(28-10-12-31-13-11-28)20-5-3-4-18(2)14-20/h3-9,14,21H,10-13,15-16H2,1-2H3,(H,25,30)(H,27,32). The lowest BCUT2D eigenvalue weighted by Crippen LogP contribution is -2.44. The van der Waals surface area contributed by atoms with Crippen LogP contribution in [-0.2, 0) is 16.1 Å². The summed E-state index contributed by atoms with van der Waals surface area (Å²) in [5, 5.41) is 10.3. The summed E-state index contributed by atoms with van der Waals surface area (Å²) in [6, 6.07) is 16.6. The van der Waals surface area contributed by atoms with Crippen LogP contribution in [0.25, 0.3) is 11.4 Å². The second kappa shape index (κ2) is 10.2. The highest BCUT2D eigenvalue weighted by Gasteiger charge is 2.23. The van der Waals surface area contributed by atoms with E-state index >= 15 is 0 Å². The molecule has 0 radical (unpaired) electrons. The van der Waals surface area contributed by atoms with Gasteiger partial charge in [0.2, 0.25) is 5.91 Å². The molecule has 3 aromatic rings. The number of aromatic nitrogens is 3. The number of carbonyl (C=O) groups is 1. The summed E-state index contributed by atoms with van der Waals surface area (Å²) >= 11 is 5.39. The summed E-state index contributed by atoms with van der Waals surface area (Å²) in [6.07, 6.45) is 0. The number of aryl methyl sites for hydroxylation is 2. The van der Waals surface area contributed by atoms with Crippen molar-refractivity contribution in [3.8, 4) is 11.4 Å². The Labute approximate surface area is 193 Å². The largest absolute Gasteiger partial charge is 0.379 e. The number of hydrogen-bond acceptors (Lipinski definition) is 5. The van der Waals surface area contributed by atoms with E-state index in [1.807, 2.05) is 31.2 Å². The van der Waals surface area contributed by atoms with Gasteiger partial charge in [0.1, 0.15) is 6.54 Å². The predicted molar refractivity (Wildman–Crippen MR) is 127 cm³/mol. The molecule has 1 fully saturated rings. The van der Waals surface area contributed by atoms with Crippen LogP contribution in [0, 0.1) is 18.6 Å². The van der Waals surface area contributed by atoms with E-state index in [1.54, 1.807) is 4.57 Å². The van der Waals surface area contributed by atoms with Crippen LogP contribution in [-0.4, -0.2) is 58.4 Å². The number of rotatable bonds is 7. The molecule has 2 aromatic carbocycles. The number of benzene rings is 2. The van der Waals surface area contributed by atoms with E-state index < -0.39 is 0 Å². The molecule has 0 bridgehead atoms. The van der Waals surface area contributed by atoms with Crippen molar-refractivity contribution < 1.29 is 9.53 Å². The molecule has 1 amide bonds. The van der Waals surface area contributed by atoms with Gasteiger partial charge in [0.15, 0.2) is 10.6 Å². The van der Waals surface area contributed by atoms with Crippen molar-refractivity contribution in [2.75, 3.05) is 32.8 Å². The maximum atomic E-state index is 12.9. The van der Waals surface area contributed by atoms with Crippen LogP contribution in [0.3, 0.4) is 0 Å². The molecule has 1 aliphatic rings. The van der Waals surface area contributed by atoms with Gasteiger partial charge in [-0.1, -0.05) is 59.7 Å². The van der Waals surface area contributed by atoms with Gasteiger partial charge >= 0.3 is 0 Å². The van der Waals surface area contributed by atoms with E-state index in [4.69, 9.17) is 17.0 Å². The van der Waals surface area contributed by atoms with E-state index in [0.29, 0.717) is 30.4 Å². The van der Waals surface area contributed by atoms with E-state index in [-0.39, 0.29) is 18.5 Å². The predicted octanol–water partition coefficient (Wildman–Crippen LogP) is 3.41. The third-order valence-corrected chi connectivity index (χ3v) is 6.09. The monoisotopic (exact) mass is 451 g/mol. The zero-order valence-electron chi connectivity index (χ0n) is 18.5. The second-order valence-electron chi connectivity index (χ2n) is 8.19. The highest BCUT2D eigenvalue weighted by molar-refractivity contribution is 7.71. The Morgan fingerprint density at radius 3 is 2.62 bits per heavy atom. The average Bonchev–Trinajstić information content (AvgIpc) is 3.15. The first kappa shape index (κ1) is 22.4. The number of aromatic amines is 1. The molecule has 2 N–H and O–H groups in total. The minimum absolute atomic E-state index is 0.0941. The smallest absolute Gasteiger partial charge is 0.240 e. The van der Waals surface area contributed by atoms with Crippen molar-refractivity contribution in [1.29, 1.82) is 0 Å². The Hall–Kier alpha value is -2.81. The lowest BCUT2D eigenvalue weighted by Gasteiger charge is -2.35. The Morgan fingerprint density at radius 1 is 1.16 bits per heavy atom. The van der Waals surface area contributed by atoms with Crippen molar-refractivity contribution in [2.45, 2.75) is 26.4 Å². The van der Waals surface area contributed by atoms with Gasteiger partial charge in [0.25, 0.3) is 0 Å². The third kappa shape index (κ3) is 5.32. The van der Waals surface area contributed by atoms with Crippen molar-refractivity contribution in [3.05, 3.63) is 70.0 Å². The minimum atomic E-state index is -0.0956. The van der Waals surface area contributed by atoms with Crippen LogP contribution in [0.5, 0.6) is 0 Å². The van der Waals surface area contributed by atoms with Crippen LogP contribution in [0.15, 0.2) is 48.5 Å². The fourth-order valence-corrected chi connectivity index (χ4v) is 4.22. The van der Waals surface area contributed by atoms with Gasteiger partial charge in [-0.25, -0.2) is 0 Å². The Morgan fingerprint density at radius 2 is 1.91 bits per heavy atom. The van der Waals surface area contributed by atoms with Crippen LogP contribution >= 0.6 is 12.2 Å². The maximum Gasteiger partial charge on any atom is 0.240 e. The Balaban J connectivity index is 1.48. The first-order valence-corrected chi connectivity index (χ1v) is 11.3. The number of H-pyrrole nitrogens is 1. The normalized spacial score (nSPS) is 15.4. The number of hydrogen-bond donors (Lipinski definition) is 2. The van der Waals surface area contributed by atoms with E-state index in [1.165, 1.54) is 11.1 Å². The summed E-state index contributed by atoms with van der Waals surface area (Å²) in [4.78, 5) is 15.3. The average molecular weight is 452 g/mol. The van der Waals surface area contributed by atoms with Crippen molar-refractivity contribution in [1.82, 2.24) is 25.0 Å². The summed E-state index contributed by atoms with van der Waals surface area (Å²) in [7, 11) is 0. The SMILES string of the molecule is Cc1ccc(-c2n[nH]c(=S)n2CC(=O)NCC(c2cccc(C)c2)N2CCOCC2)cc1.